The minimum atomic E-state index is -0.323. The van der Waals surface area contributed by atoms with Gasteiger partial charge >= 0.3 is 5.97 Å². The summed E-state index contributed by atoms with van der Waals surface area (Å²) in [4.78, 5) is 24.0. The van der Waals surface area contributed by atoms with Crippen LogP contribution >= 0.6 is 0 Å². The van der Waals surface area contributed by atoms with Gasteiger partial charge in [0.25, 0.3) is 5.91 Å². The molecular weight excluding hydrogens is 322 g/mol. The maximum Gasteiger partial charge on any atom is 0.309 e. The molecular formula is C17H21N5O3. The predicted octanol–water partition coefficient (Wildman–Crippen LogP) is 1.17. The first-order chi connectivity index (χ1) is 12.2. The van der Waals surface area contributed by atoms with Crippen molar-refractivity contribution in [2.45, 2.75) is 25.3 Å². The lowest BCUT2D eigenvalue weighted by atomic mass is 10.1. The first kappa shape index (κ1) is 17.1. The minimum Gasteiger partial charge on any atom is -0.469 e. The van der Waals surface area contributed by atoms with E-state index in [1.165, 1.54) is 13.3 Å². The van der Waals surface area contributed by atoms with Gasteiger partial charge in [-0.25, -0.2) is 4.68 Å². The van der Waals surface area contributed by atoms with Crippen molar-refractivity contribution in [3.63, 3.8) is 0 Å². The Kier molecular flexibility index (Phi) is 5.39. The number of nitrogens with one attached hydrogen (secondary N) is 2. The molecule has 132 valence electrons. The summed E-state index contributed by atoms with van der Waals surface area (Å²) in [6.45, 7) is 1.81. The third kappa shape index (κ3) is 4.21. The average Bonchev–Trinajstić information content (AvgIpc) is 3.12. The predicted molar refractivity (Wildman–Crippen MR) is 91.3 cm³/mol. The maximum atomic E-state index is 12.6. The largest absolute Gasteiger partial charge is 0.469 e. The van der Waals surface area contributed by atoms with E-state index in [0.29, 0.717) is 11.4 Å². The molecule has 1 aromatic heterocycles. The highest BCUT2D eigenvalue weighted by atomic mass is 16.5. The number of hydrogen-bond donors (Lipinski definition) is 2. The average molecular weight is 343 g/mol. The Morgan fingerprint density at radius 1 is 1.36 bits per heavy atom. The van der Waals surface area contributed by atoms with E-state index in [-0.39, 0.29) is 24.3 Å². The van der Waals surface area contributed by atoms with E-state index in [9.17, 15) is 9.59 Å². The molecule has 1 aromatic carbocycles. The fourth-order valence-corrected chi connectivity index (χ4v) is 2.92. The number of aromatic nitrogens is 3. The van der Waals surface area contributed by atoms with Crippen LogP contribution in [0.15, 0.2) is 30.5 Å². The number of nitrogens with zero attached hydrogens (tertiary/aromatic N) is 3. The number of carbonyl (C=O) groups excluding carboxylic acids is 2. The Labute approximate surface area is 145 Å². The molecule has 8 nitrogen and oxygen atoms in total. The Hall–Kier alpha value is -2.74. The van der Waals surface area contributed by atoms with Crippen LogP contribution in [-0.4, -0.2) is 47.1 Å². The van der Waals surface area contributed by atoms with Gasteiger partial charge in [-0.2, -0.15) is 0 Å². The number of carbonyl (C=O) groups is 2. The second kappa shape index (κ2) is 7.89. The quantitative estimate of drug-likeness (QED) is 0.791. The summed E-state index contributed by atoms with van der Waals surface area (Å²) >= 11 is 0. The van der Waals surface area contributed by atoms with Crippen LogP contribution < -0.4 is 10.6 Å². The molecule has 3 rings (SSSR count). The summed E-state index contributed by atoms with van der Waals surface area (Å²) in [5.74, 6) is -0.588. The van der Waals surface area contributed by atoms with Crippen molar-refractivity contribution in [1.29, 1.82) is 0 Å². The van der Waals surface area contributed by atoms with Crippen LogP contribution in [0.3, 0.4) is 0 Å². The van der Waals surface area contributed by atoms with E-state index in [2.05, 4.69) is 25.7 Å². The summed E-state index contributed by atoms with van der Waals surface area (Å²) in [6, 6.07) is 7.31. The molecule has 0 aliphatic carbocycles. The molecule has 1 aliphatic heterocycles. The summed E-state index contributed by atoms with van der Waals surface area (Å²) in [5.41, 5.74) is 1.82. The lowest BCUT2D eigenvalue weighted by molar-refractivity contribution is -0.139. The zero-order chi connectivity index (χ0) is 17.6. The molecule has 2 heterocycles. The van der Waals surface area contributed by atoms with Crippen molar-refractivity contribution in [3.05, 3.63) is 41.7 Å². The monoisotopic (exact) mass is 343 g/mol. The third-order valence-corrected chi connectivity index (χ3v) is 4.22. The molecule has 0 unspecified atom stereocenters. The van der Waals surface area contributed by atoms with Crippen LogP contribution in [0.2, 0.25) is 0 Å². The van der Waals surface area contributed by atoms with Gasteiger partial charge in [0.15, 0.2) is 0 Å². The van der Waals surface area contributed by atoms with Gasteiger partial charge in [-0.05, 0) is 43.6 Å². The first-order valence-corrected chi connectivity index (χ1v) is 8.25. The highest BCUT2D eigenvalue weighted by Crippen LogP contribution is 2.20. The van der Waals surface area contributed by atoms with Crippen molar-refractivity contribution >= 4 is 17.6 Å². The van der Waals surface area contributed by atoms with Gasteiger partial charge < -0.3 is 15.4 Å². The van der Waals surface area contributed by atoms with E-state index in [1.54, 1.807) is 22.9 Å². The Morgan fingerprint density at radius 2 is 2.16 bits per heavy atom. The SMILES string of the molecule is COC(=O)Cc1cccc(NC(=O)c2cnnn2C2CCNCC2)c1. The molecule has 25 heavy (non-hydrogen) atoms. The Balaban J connectivity index is 1.71. The normalized spacial score (nSPS) is 14.9. The van der Waals surface area contributed by atoms with Crippen LogP contribution in [0.5, 0.6) is 0 Å². The van der Waals surface area contributed by atoms with Gasteiger partial charge in [0, 0.05) is 5.69 Å². The number of methoxy groups -OCH3 is 1. The molecule has 0 bridgehead atoms. The van der Waals surface area contributed by atoms with Gasteiger partial charge in [0.1, 0.15) is 5.69 Å². The minimum absolute atomic E-state index is 0.161. The second-order valence-electron chi connectivity index (χ2n) is 5.95. The van der Waals surface area contributed by atoms with Crippen molar-refractivity contribution in [2.75, 3.05) is 25.5 Å². The molecule has 2 aromatic rings. The van der Waals surface area contributed by atoms with Crippen molar-refractivity contribution in [1.82, 2.24) is 20.3 Å². The number of ether oxygens (including phenoxy) is 1. The molecule has 1 saturated heterocycles. The van der Waals surface area contributed by atoms with Crippen LogP contribution in [0.1, 0.15) is 34.9 Å². The highest BCUT2D eigenvalue weighted by molar-refractivity contribution is 6.02. The number of esters is 1. The standard InChI is InChI=1S/C17H21N5O3/c1-25-16(23)10-12-3-2-4-13(9-12)20-17(24)15-11-19-21-22(15)14-5-7-18-8-6-14/h2-4,9,11,14,18H,5-8,10H2,1H3,(H,20,24). The molecule has 0 radical (unpaired) electrons. The molecule has 1 amide bonds. The van der Waals surface area contributed by atoms with Crippen molar-refractivity contribution < 1.29 is 14.3 Å². The molecule has 0 atom stereocenters. The third-order valence-electron chi connectivity index (χ3n) is 4.22. The summed E-state index contributed by atoms with van der Waals surface area (Å²) in [5, 5.41) is 14.1. The second-order valence-corrected chi connectivity index (χ2v) is 5.95. The van der Waals surface area contributed by atoms with Gasteiger partial charge in [0.05, 0.1) is 25.8 Å². The molecule has 8 heteroatoms. The van der Waals surface area contributed by atoms with E-state index in [0.717, 1.165) is 31.5 Å². The molecule has 1 aliphatic rings. The maximum absolute atomic E-state index is 12.6. The zero-order valence-electron chi connectivity index (χ0n) is 14.1. The molecule has 2 N–H and O–H groups in total. The fraction of sp³-hybridized carbons (Fsp3) is 0.412. The highest BCUT2D eigenvalue weighted by Gasteiger charge is 2.22. The van der Waals surface area contributed by atoms with Crippen LogP contribution in [0.25, 0.3) is 0 Å². The van der Waals surface area contributed by atoms with E-state index in [4.69, 9.17) is 0 Å². The van der Waals surface area contributed by atoms with Crippen molar-refractivity contribution in [3.8, 4) is 0 Å². The van der Waals surface area contributed by atoms with Crippen molar-refractivity contribution in [2.24, 2.45) is 0 Å². The lowest BCUT2D eigenvalue weighted by Crippen LogP contribution is -2.31. The Bertz CT molecular complexity index is 752. The first-order valence-electron chi connectivity index (χ1n) is 8.25. The number of rotatable bonds is 5. The Morgan fingerprint density at radius 3 is 2.92 bits per heavy atom. The number of piperidine rings is 1. The van der Waals surface area contributed by atoms with E-state index in [1.807, 2.05) is 6.07 Å². The molecule has 0 spiro atoms. The van der Waals surface area contributed by atoms with Gasteiger partial charge in [-0.3, -0.25) is 9.59 Å². The molecule has 1 fully saturated rings. The smallest absolute Gasteiger partial charge is 0.309 e. The summed E-state index contributed by atoms with van der Waals surface area (Å²) < 4.78 is 6.37. The number of benzene rings is 1. The zero-order valence-corrected chi connectivity index (χ0v) is 14.1. The number of anilines is 1. The summed E-state index contributed by atoms with van der Waals surface area (Å²) in [7, 11) is 1.35. The van der Waals surface area contributed by atoms with Gasteiger partial charge in [0.2, 0.25) is 0 Å². The van der Waals surface area contributed by atoms with Crippen LogP contribution in [-0.2, 0) is 16.0 Å². The number of hydrogen-bond acceptors (Lipinski definition) is 6. The topological polar surface area (TPSA) is 98.1 Å². The van der Waals surface area contributed by atoms with Crippen LogP contribution in [0.4, 0.5) is 5.69 Å². The number of amides is 1. The lowest BCUT2D eigenvalue weighted by Gasteiger charge is -2.23. The fourth-order valence-electron chi connectivity index (χ4n) is 2.92. The van der Waals surface area contributed by atoms with E-state index < -0.39 is 0 Å². The molecule has 0 saturated carbocycles. The summed E-state index contributed by atoms with van der Waals surface area (Å²) in [6.07, 6.45) is 3.47. The van der Waals surface area contributed by atoms with E-state index >= 15 is 0 Å². The van der Waals surface area contributed by atoms with Gasteiger partial charge in [-0.15, -0.1) is 5.10 Å². The van der Waals surface area contributed by atoms with Crippen LogP contribution in [0, 0.1) is 0 Å². The van der Waals surface area contributed by atoms with Gasteiger partial charge in [-0.1, -0.05) is 17.3 Å².